The van der Waals surface area contributed by atoms with Gasteiger partial charge in [0.25, 0.3) is 10.2 Å². The molecule has 0 aromatic heterocycles. The van der Waals surface area contributed by atoms with E-state index in [0.717, 1.165) is 19.3 Å². The second-order valence-corrected chi connectivity index (χ2v) is 5.76. The molecule has 0 spiro atoms. The molecule has 0 bridgehead atoms. The maximum atomic E-state index is 11.3. The van der Waals surface area contributed by atoms with Crippen LogP contribution in [0, 0.1) is 0 Å². The lowest BCUT2D eigenvalue weighted by Gasteiger charge is -2.10. The van der Waals surface area contributed by atoms with E-state index in [0.29, 0.717) is 13.0 Å². The van der Waals surface area contributed by atoms with Gasteiger partial charge in [-0.05, 0) is 26.7 Å². The Balaban J connectivity index is 3.48. The minimum atomic E-state index is -3.38. The highest BCUT2D eigenvalue weighted by Gasteiger charge is 2.09. The molecule has 0 saturated carbocycles. The van der Waals surface area contributed by atoms with Crippen molar-refractivity contribution < 1.29 is 18.3 Å². The van der Waals surface area contributed by atoms with Crippen LogP contribution >= 0.6 is 0 Å². The zero-order valence-corrected chi connectivity index (χ0v) is 11.2. The van der Waals surface area contributed by atoms with Gasteiger partial charge >= 0.3 is 5.97 Å². The van der Waals surface area contributed by atoms with Crippen molar-refractivity contribution in [3.8, 4) is 0 Å². The molecule has 7 heteroatoms. The summed E-state index contributed by atoms with van der Waals surface area (Å²) < 4.78 is 27.5. The molecule has 0 heterocycles. The molecule has 0 aliphatic heterocycles. The molecule has 17 heavy (non-hydrogen) atoms. The molecule has 0 saturated heterocycles. The number of hydrogen-bond acceptors (Lipinski definition) is 3. The van der Waals surface area contributed by atoms with Gasteiger partial charge in [0.05, 0.1) is 0 Å². The van der Waals surface area contributed by atoms with Crippen LogP contribution in [0.1, 0.15) is 46.0 Å². The summed E-state index contributed by atoms with van der Waals surface area (Å²) in [6.07, 6.45) is 3.19. The molecule has 3 N–H and O–H groups in total. The first-order valence-corrected chi connectivity index (χ1v) is 7.30. The molecule has 0 aromatic rings. The van der Waals surface area contributed by atoms with Crippen molar-refractivity contribution >= 4 is 16.2 Å². The van der Waals surface area contributed by atoms with E-state index >= 15 is 0 Å². The maximum absolute atomic E-state index is 11.3. The first-order valence-electron chi connectivity index (χ1n) is 5.82. The summed E-state index contributed by atoms with van der Waals surface area (Å²) in [4.78, 5) is 10.2. The Hall–Kier alpha value is -0.660. The molecule has 0 radical (unpaired) electrons. The predicted octanol–water partition coefficient (Wildman–Crippen LogP) is 0.854. The summed E-state index contributed by atoms with van der Waals surface area (Å²) in [5.41, 5.74) is 0. The average Bonchev–Trinajstić information content (AvgIpc) is 2.13. The lowest BCUT2D eigenvalue weighted by atomic mass is 10.1. The number of hydrogen-bond donors (Lipinski definition) is 3. The Kier molecular flexibility index (Phi) is 8.11. The molecule has 6 nitrogen and oxygen atoms in total. The van der Waals surface area contributed by atoms with E-state index in [4.69, 9.17) is 5.11 Å². The molecule has 0 aliphatic carbocycles. The van der Waals surface area contributed by atoms with Crippen molar-refractivity contribution in [1.82, 2.24) is 9.44 Å². The van der Waals surface area contributed by atoms with Crippen LogP contribution in [0.3, 0.4) is 0 Å². The van der Waals surface area contributed by atoms with E-state index in [1.54, 1.807) is 13.8 Å². The van der Waals surface area contributed by atoms with Crippen molar-refractivity contribution in [3.05, 3.63) is 0 Å². The van der Waals surface area contributed by atoms with Crippen molar-refractivity contribution in [3.63, 3.8) is 0 Å². The van der Waals surface area contributed by atoms with Crippen LogP contribution in [0.25, 0.3) is 0 Å². The summed E-state index contributed by atoms with van der Waals surface area (Å²) >= 11 is 0. The minimum Gasteiger partial charge on any atom is -0.481 e. The van der Waals surface area contributed by atoms with Gasteiger partial charge in [-0.3, -0.25) is 4.79 Å². The Bertz CT molecular complexity index is 314. The number of nitrogens with one attached hydrogen (secondary N) is 2. The molecular weight excluding hydrogens is 244 g/mol. The standard InChI is InChI=1S/C10H22N2O4S/c1-9(2)12-17(15,16)11-8-6-4-3-5-7-10(13)14/h9,11-12H,3-8H2,1-2H3,(H,13,14). The molecule has 0 rings (SSSR count). The normalized spacial score (nSPS) is 11.9. The maximum Gasteiger partial charge on any atom is 0.303 e. The summed E-state index contributed by atoms with van der Waals surface area (Å²) in [6, 6.07) is -0.122. The van der Waals surface area contributed by atoms with Crippen LogP contribution in [0.4, 0.5) is 0 Å². The molecular formula is C10H22N2O4S. The van der Waals surface area contributed by atoms with Crippen molar-refractivity contribution in [2.45, 2.75) is 52.0 Å². The number of carboxylic acids is 1. The SMILES string of the molecule is CC(C)NS(=O)(=O)NCCCCCCC(=O)O. The van der Waals surface area contributed by atoms with Crippen molar-refractivity contribution in [2.75, 3.05) is 6.54 Å². The van der Waals surface area contributed by atoms with E-state index in [2.05, 4.69) is 9.44 Å². The first-order chi connectivity index (χ1) is 7.83. The van der Waals surface area contributed by atoms with Crippen LogP contribution in [0.2, 0.25) is 0 Å². The van der Waals surface area contributed by atoms with Gasteiger partial charge in [0.2, 0.25) is 0 Å². The second kappa shape index (κ2) is 8.43. The van der Waals surface area contributed by atoms with Crippen molar-refractivity contribution in [1.29, 1.82) is 0 Å². The van der Waals surface area contributed by atoms with Gasteiger partial charge in [-0.25, -0.2) is 4.72 Å². The van der Waals surface area contributed by atoms with E-state index in [9.17, 15) is 13.2 Å². The molecule has 0 amide bonds. The Morgan fingerprint density at radius 2 is 1.76 bits per heavy atom. The fourth-order valence-electron chi connectivity index (χ4n) is 1.31. The lowest BCUT2D eigenvalue weighted by molar-refractivity contribution is -0.137. The molecule has 0 aliphatic rings. The van der Waals surface area contributed by atoms with Crippen molar-refractivity contribution in [2.24, 2.45) is 0 Å². The van der Waals surface area contributed by atoms with Crippen LogP contribution in [-0.4, -0.2) is 32.1 Å². The number of unbranched alkanes of at least 4 members (excludes halogenated alkanes) is 3. The van der Waals surface area contributed by atoms with E-state index in [1.165, 1.54) is 0 Å². The van der Waals surface area contributed by atoms with Gasteiger partial charge in [0.15, 0.2) is 0 Å². The summed E-state index contributed by atoms with van der Waals surface area (Å²) in [5.74, 6) is -0.785. The molecule has 0 fully saturated rings. The van der Waals surface area contributed by atoms with E-state index in [1.807, 2.05) is 0 Å². The highest BCUT2D eigenvalue weighted by atomic mass is 32.2. The molecule has 0 atom stereocenters. The summed E-state index contributed by atoms with van der Waals surface area (Å²) in [6.45, 7) is 3.89. The minimum absolute atomic E-state index is 0.122. The monoisotopic (exact) mass is 266 g/mol. The van der Waals surface area contributed by atoms with E-state index < -0.39 is 16.2 Å². The van der Waals surface area contributed by atoms with Gasteiger partial charge < -0.3 is 5.11 Å². The number of carbonyl (C=O) groups is 1. The first kappa shape index (κ1) is 16.3. The highest BCUT2D eigenvalue weighted by molar-refractivity contribution is 7.87. The quantitative estimate of drug-likeness (QED) is 0.511. The third-order valence-corrected chi connectivity index (χ3v) is 3.37. The Morgan fingerprint density at radius 1 is 1.18 bits per heavy atom. The molecule has 0 aromatic carbocycles. The molecule has 0 unspecified atom stereocenters. The van der Waals surface area contributed by atoms with Gasteiger partial charge in [-0.15, -0.1) is 0 Å². The zero-order chi connectivity index (χ0) is 13.3. The fourth-order valence-corrected chi connectivity index (χ4v) is 2.43. The van der Waals surface area contributed by atoms with Crippen LogP contribution in [0.15, 0.2) is 0 Å². The number of aliphatic carboxylic acids is 1. The number of carboxylic acid groups (broad SMARTS) is 1. The third-order valence-electron chi connectivity index (χ3n) is 2.00. The second-order valence-electron chi connectivity index (χ2n) is 4.23. The van der Waals surface area contributed by atoms with Crippen LogP contribution < -0.4 is 9.44 Å². The van der Waals surface area contributed by atoms with Gasteiger partial charge in [-0.2, -0.15) is 13.1 Å². The van der Waals surface area contributed by atoms with Crippen LogP contribution in [-0.2, 0) is 15.0 Å². The Labute approximate surface area is 103 Å². The highest BCUT2D eigenvalue weighted by Crippen LogP contribution is 2.02. The van der Waals surface area contributed by atoms with Gasteiger partial charge in [0, 0.05) is 19.0 Å². The largest absolute Gasteiger partial charge is 0.481 e. The summed E-state index contributed by atoms with van der Waals surface area (Å²) in [5, 5.41) is 8.41. The smallest absolute Gasteiger partial charge is 0.303 e. The zero-order valence-electron chi connectivity index (χ0n) is 10.4. The Morgan fingerprint density at radius 3 is 2.29 bits per heavy atom. The topological polar surface area (TPSA) is 95.5 Å². The van der Waals surface area contributed by atoms with Crippen LogP contribution in [0.5, 0.6) is 0 Å². The van der Waals surface area contributed by atoms with Gasteiger partial charge in [0.1, 0.15) is 0 Å². The van der Waals surface area contributed by atoms with E-state index in [-0.39, 0.29) is 12.5 Å². The fraction of sp³-hybridized carbons (Fsp3) is 0.900. The number of rotatable bonds is 10. The predicted molar refractivity (Wildman–Crippen MR) is 65.9 cm³/mol. The summed E-state index contributed by atoms with van der Waals surface area (Å²) in [7, 11) is -3.38. The third kappa shape index (κ3) is 11.6. The van der Waals surface area contributed by atoms with Gasteiger partial charge in [-0.1, -0.05) is 12.8 Å². The molecule has 102 valence electrons. The lowest BCUT2D eigenvalue weighted by Crippen LogP contribution is -2.40. The average molecular weight is 266 g/mol.